The molecule has 1 N–H and O–H groups in total. The number of hydrogen-bond donors (Lipinski definition) is 1. The Labute approximate surface area is 212 Å². The van der Waals surface area contributed by atoms with Crippen LogP contribution in [0.3, 0.4) is 0 Å². The largest absolute Gasteiger partial charge is 0.507 e. The molecule has 1 fully saturated rings. The number of hydrogen-bond acceptors (Lipinski definition) is 8. The third-order valence-corrected chi connectivity index (χ3v) is 6.21. The minimum atomic E-state index is -1.00. The number of methoxy groups -OCH3 is 2. The third-order valence-electron chi connectivity index (χ3n) is 6.21. The zero-order valence-electron chi connectivity index (χ0n) is 20.1. The normalized spacial score (nSPS) is 18.0. The summed E-state index contributed by atoms with van der Waals surface area (Å²) in [5.74, 6) is -1.23. The van der Waals surface area contributed by atoms with E-state index in [9.17, 15) is 19.5 Å². The van der Waals surface area contributed by atoms with E-state index in [1.807, 2.05) is 0 Å². The van der Waals surface area contributed by atoms with Crippen LogP contribution in [0.15, 0.2) is 72.3 Å². The van der Waals surface area contributed by atoms with Crippen molar-refractivity contribution < 1.29 is 38.4 Å². The third kappa shape index (κ3) is 4.24. The van der Waals surface area contributed by atoms with E-state index in [0.29, 0.717) is 47.3 Å². The van der Waals surface area contributed by atoms with Gasteiger partial charge in [0.2, 0.25) is 0 Å². The molecule has 2 aliphatic rings. The predicted molar refractivity (Wildman–Crippen MR) is 133 cm³/mol. The number of ketones is 1. The van der Waals surface area contributed by atoms with Crippen molar-refractivity contribution in [2.24, 2.45) is 0 Å². The van der Waals surface area contributed by atoms with Gasteiger partial charge >= 0.3 is 5.97 Å². The van der Waals surface area contributed by atoms with Crippen LogP contribution in [0, 0.1) is 0 Å². The number of carbonyl (C=O) groups is 3. The SMILES string of the molecule is COC(=O)c1cccc(N2C(=O)C(=O)/C(=C(\O)c3ccc4c(c3)OCCO4)C2c2cccc(OC)c2)c1. The monoisotopic (exact) mass is 501 g/mol. The lowest BCUT2D eigenvalue weighted by Crippen LogP contribution is -2.29. The van der Waals surface area contributed by atoms with E-state index < -0.39 is 23.7 Å². The van der Waals surface area contributed by atoms with Crippen molar-refractivity contribution in [2.45, 2.75) is 6.04 Å². The Morgan fingerprint density at radius 1 is 0.919 bits per heavy atom. The molecule has 9 heteroatoms. The second-order valence-electron chi connectivity index (χ2n) is 8.35. The van der Waals surface area contributed by atoms with E-state index in [1.54, 1.807) is 60.7 Å². The Balaban J connectivity index is 1.70. The minimum Gasteiger partial charge on any atom is -0.507 e. The maximum atomic E-state index is 13.4. The lowest BCUT2D eigenvalue weighted by molar-refractivity contribution is -0.132. The van der Waals surface area contributed by atoms with Crippen LogP contribution >= 0.6 is 0 Å². The van der Waals surface area contributed by atoms with E-state index in [4.69, 9.17) is 18.9 Å². The molecule has 2 aliphatic heterocycles. The average molecular weight is 501 g/mol. The molecule has 37 heavy (non-hydrogen) atoms. The molecule has 3 aromatic carbocycles. The minimum absolute atomic E-state index is 0.113. The molecule has 9 nitrogen and oxygen atoms in total. The highest BCUT2D eigenvalue weighted by Gasteiger charge is 2.47. The molecule has 2 heterocycles. The summed E-state index contributed by atoms with van der Waals surface area (Å²) in [6, 6.07) is 16.9. The molecule has 1 amide bonds. The standard InChI is InChI=1S/C28H23NO8/c1-34-20-8-4-5-16(14-20)24-23(25(30)17-9-10-21-22(15-17)37-12-11-36-21)26(31)27(32)29(24)19-7-3-6-18(13-19)28(33)35-2/h3-10,13-15,24,30H,11-12H2,1-2H3/b25-23-. The number of anilines is 1. The first-order valence-electron chi connectivity index (χ1n) is 11.5. The first-order chi connectivity index (χ1) is 17.9. The van der Waals surface area contributed by atoms with Gasteiger partial charge in [0.15, 0.2) is 11.5 Å². The molecule has 3 aromatic rings. The Morgan fingerprint density at radius 3 is 2.43 bits per heavy atom. The Kier molecular flexibility index (Phi) is 6.27. The van der Waals surface area contributed by atoms with E-state index in [0.717, 1.165) is 0 Å². The lowest BCUT2D eigenvalue weighted by Gasteiger charge is -2.26. The summed E-state index contributed by atoms with van der Waals surface area (Å²) in [6.07, 6.45) is 0. The molecule has 188 valence electrons. The number of fused-ring (bicyclic) bond motifs is 1. The van der Waals surface area contributed by atoms with Crippen molar-refractivity contribution >= 4 is 29.1 Å². The van der Waals surface area contributed by atoms with Gasteiger partial charge in [0.1, 0.15) is 24.7 Å². The summed E-state index contributed by atoms with van der Waals surface area (Å²) in [6.45, 7) is 0.756. The second kappa shape index (κ2) is 9.69. The van der Waals surface area contributed by atoms with Gasteiger partial charge in [-0.15, -0.1) is 0 Å². The van der Waals surface area contributed by atoms with E-state index in [2.05, 4.69) is 0 Å². The highest BCUT2D eigenvalue weighted by molar-refractivity contribution is 6.51. The van der Waals surface area contributed by atoms with Crippen molar-refractivity contribution in [1.29, 1.82) is 0 Å². The number of amides is 1. The molecule has 0 spiro atoms. The molecule has 1 atom stereocenters. The van der Waals surface area contributed by atoms with Gasteiger partial charge in [0, 0.05) is 11.3 Å². The van der Waals surface area contributed by atoms with Gasteiger partial charge in [-0.25, -0.2) is 4.79 Å². The highest BCUT2D eigenvalue weighted by atomic mass is 16.6. The van der Waals surface area contributed by atoms with Crippen molar-refractivity contribution in [3.8, 4) is 17.2 Å². The molecule has 0 saturated carbocycles. The van der Waals surface area contributed by atoms with Gasteiger partial charge in [-0.3, -0.25) is 14.5 Å². The Hall–Kier alpha value is -4.79. The number of Topliss-reactive ketones (excluding diaryl/α,β-unsaturated/α-hetero) is 1. The first-order valence-corrected chi connectivity index (χ1v) is 11.5. The number of nitrogens with zero attached hydrogens (tertiary/aromatic N) is 1. The fourth-order valence-corrected chi connectivity index (χ4v) is 4.47. The summed E-state index contributed by atoms with van der Waals surface area (Å²) >= 11 is 0. The molecule has 1 saturated heterocycles. The fourth-order valence-electron chi connectivity index (χ4n) is 4.47. The van der Waals surface area contributed by atoms with Crippen LogP contribution in [0.4, 0.5) is 5.69 Å². The summed E-state index contributed by atoms with van der Waals surface area (Å²) in [4.78, 5) is 40.2. The number of benzene rings is 3. The van der Waals surface area contributed by atoms with Gasteiger partial charge in [0.05, 0.1) is 31.4 Å². The van der Waals surface area contributed by atoms with Crippen LogP contribution in [0.1, 0.15) is 27.5 Å². The lowest BCUT2D eigenvalue weighted by atomic mass is 9.94. The molecule has 0 radical (unpaired) electrons. The van der Waals surface area contributed by atoms with E-state index in [-0.39, 0.29) is 16.9 Å². The van der Waals surface area contributed by atoms with Crippen LogP contribution in [0.25, 0.3) is 5.76 Å². The number of rotatable bonds is 5. The summed E-state index contributed by atoms with van der Waals surface area (Å²) in [7, 11) is 2.76. The predicted octanol–water partition coefficient (Wildman–Crippen LogP) is 3.88. The maximum absolute atomic E-state index is 13.4. The first kappa shape index (κ1) is 23.9. The van der Waals surface area contributed by atoms with Gasteiger partial charge < -0.3 is 24.1 Å². The zero-order chi connectivity index (χ0) is 26.1. The van der Waals surface area contributed by atoms with E-state index >= 15 is 0 Å². The number of aliphatic hydroxyl groups is 1. The quantitative estimate of drug-likeness (QED) is 0.243. The molecule has 5 rings (SSSR count). The van der Waals surface area contributed by atoms with Gasteiger partial charge in [-0.2, -0.15) is 0 Å². The average Bonchev–Trinajstić information content (AvgIpc) is 3.21. The Morgan fingerprint density at radius 2 is 1.68 bits per heavy atom. The highest BCUT2D eigenvalue weighted by Crippen LogP contribution is 2.44. The summed E-state index contributed by atoms with van der Waals surface area (Å²) < 4.78 is 21.3. The van der Waals surface area contributed by atoms with Gasteiger partial charge in [-0.05, 0) is 54.1 Å². The fraction of sp³-hybridized carbons (Fsp3) is 0.179. The van der Waals surface area contributed by atoms with Crippen molar-refractivity contribution in [2.75, 3.05) is 32.3 Å². The Bertz CT molecular complexity index is 1440. The number of carbonyl (C=O) groups excluding carboxylic acids is 3. The number of ether oxygens (including phenoxy) is 4. The molecule has 0 bridgehead atoms. The topological polar surface area (TPSA) is 112 Å². The van der Waals surface area contributed by atoms with Crippen LogP contribution < -0.4 is 19.1 Å². The number of esters is 1. The molecule has 1 unspecified atom stereocenters. The molecular formula is C28H23NO8. The maximum Gasteiger partial charge on any atom is 0.337 e. The summed E-state index contributed by atoms with van der Waals surface area (Å²) in [5, 5.41) is 11.4. The van der Waals surface area contributed by atoms with E-state index in [1.165, 1.54) is 25.2 Å². The second-order valence-corrected chi connectivity index (χ2v) is 8.35. The number of aliphatic hydroxyl groups excluding tert-OH is 1. The summed E-state index contributed by atoms with van der Waals surface area (Å²) in [5.41, 5.74) is 1.20. The van der Waals surface area contributed by atoms with Crippen molar-refractivity contribution in [1.82, 2.24) is 0 Å². The van der Waals surface area contributed by atoms with Crippen molar-refractivity contribution in [3.05, 3.63) is 89.0 Å². The zero-order valence-corrected chi connectivity index (χ0v) is 20.1. The van der Waals surface area contributed by atoms with Gasteiger partial charge in [0.25, 0.3) is 11.7 Å². The van der Waals surface area contributed by atoms with Crippen LogP contribution in [-0.4, -0.2) is 50.2 Å². The smallest absolute Gasteiger partial charge is 0.337 e. The van der Waals surface area contributed by atoms with Crippen LogP contribution in [-0.2, 0) is 14.3 Å². The van der Waals surface area contributed by atoms with Gasteiger partial charge in [-0.1, -0.05) is 18.2 Å². The molecule has 0 aromatic heterocycles. The molecular weight excluding hydrogens is 478 g/mol. The molecule has 0 aliphatic carbocycles. The van der Waals surface area contributed by atoms with Crippen molar-refractivity contribution in [3.63, 3.8) is 0 Å². The van der Waals surface area contributed by atoms with Crippen LogP contribution in [0.5, 0.6) is 17.2 Å². The van der Waals surface area contributed by atoms with Crippen LogP contribution in [0.2, 0.25) is 0 Å².